The molecule has 5 nitrogen and oxygen atoms in total. The molecule has 1 aromatic rings. The molecule has 1 heterocycles. The normalized spacial score (nSPS) is 28.5. The van der Waals surface area contributed by atoms with Crippen LogP contribution in [0.25, 0.3) is 0 Å². The topological polar surface area (TPSA) is 74.2 Å². The van der Waals surface area contributed by atoms with E-state index in [0.29, 0.717) is 12.5 Å². The Kier molecular flexibility index (Phi) is 5.16. The van der Waals surface area contributed by atoms with Gasteiger partial charge in [-0.25, -0.2) is 0 Å². The maximum Gasteiger partial charge on any atom is 0.226 e. The number of nitrogens with two attached hydrogens (primary N) is 1. The van der Waals surface area contributed by atoms with Crippen molar-refractivity contribution in [2.75, 3.05) is 6.61 Å². The van der Waals surface area contributed by atoms with Crippen LogP contribution in [0.4, 0.5) is 0 Å². The van der Waals surface area contributed by atoms with Crippen LogP contribution >= 0.6 is 0 Å². The number of rotatable bonds is 6. The molecular weight excluding hydrogens is 254 g/mol. The van der Waals surface area contributed by atoms with Crippen molar-refractivity contribution in [2.45, 2.75) is 70.9 Å². The van der Waals surface area contributed by atoms with Gasteiger partial charge in [0, 0.05) is 19.1 Å². The van der Waals surface area contributed by atoms with Crippen LogP contribution in [0.1, 0.15) is 64.6 Å². The van der Waals surface area contributed by atoms with Crippen LogP contribution in [-0.4, -0.2) is 22.8 Å². The monoisotopic (exact) mass is 281 g/mol. The van der Waals surface area contributed by atoms with E-state index in [-0.39, 0.29) is 11.6 Å². The molecule has 0 aliphatic heterocycles. The van der Waals surface area contributed by atoms with Crippen LogP contribution in [0.3, 0.4) is 0 Å². The summed E-state index contributed by atoms with van der Waals surface area (Å²) in [4.78, 5) is 4.56. The van der Waals surface area contributed by atoms with Crippen LogP contribution < -0.4 is 5.73 Å². The molecule has 1 unspecified atom stereocenters. The van der Waals surface area contributed by atoms with E-state index in [2.05, 4.69) is 17.1 Å². The predicted molar refractivity (Wildman–Crippen MR) is 77.2 cm³/mol. The molecule has 1 fully saturated rings. The molecule has 0 saturated heterocycles. The molecule has 1 aliphatic carbocycles. The Morgan fingerprint density at radius 1 is 1.45 bits per heavy atom. The number of aromatic nitrogens is 2. The smallest absolute Gasteiger partial charge is 0.226 e. The molecule has 0 radical (unpaired) electrons. The second-order valence-corrected chi connectivity index (χ2v) is 6.14. The number of hydrogen-bond donors (Lipinski definition) is 1. The van der Waals surface area contributed by atoms with Gasteiger partial charge < -0.3 is 15.0 Å². The molecule has 0 aromatic carbocycles. The number of aryl methyl sites for hydroxylation is 1. The zero-order valence-electron chi connectivity index (χ0n) is 12.9. The standard InChI is InChI=1S/C15H27N3O2/c1-4-19-15(9-7-11(2)8-10-15)14-17-13(20-18-14)6-5-12(3)16/h11-12H,4-10,16H2,1-3H3. The Morgan fingerprint density at radius 2 is 2.15 bits per heavy atom. The Labute approximate surface area is 121 Å². The third-order valence-corrected chi connectivity index (χ3v) is 4.19. The molecule has 1 atom stereocenters. The van der Waals surface area contributed by atoms with Gasteiger partial charge in [0.1, 0.15) is 5.60 Å². The van der Waals surface area contributed by atoms with Gasteiger partial charge in [0.25, 0.3) is 0 Å². The molecule has 0 bridgehead atoms. The van der Waals surface area contributed by atoms with E-state index in [1.807, 2.05) is 13.8 Å². The number of nitrogens with zero attached hydrogens (tertiary/aromatic N) is 2. The minimum Gasteiger partial charge on any atom is -0.367 e. The van der Waals surface area contributed by atoms with E-state index in [4.69, 9.17) is 15.0 Å². The summed E-state index contributed by atoms with van der Waals surface area (Å²) >= 11 is 0. The molecule has 1 aliphatic rings. The predicted octanol–water partition coefficient (Wildman–Crippen LogP) is 2.79. The average molecular weight is 281 g/mol. The van der Waals surface area contributed by atoms with Crippen molar-refractivity contribution in [2.24, 2.45) is 11.7 Å². The zero-order valence-corrected chi connectivity index (χ0v) is 12.9. The molecule has 2 N–H and O–H groups in total. The van der Waals surface area contributed by atoms with Crippen molar-refractivity contribution in [1.29, 1.82) is 0 Å². The molecule has 114 valence electrons. The Bertz CT molecular complexity index is 409. The maximum absolute atomic E-state index is 6.03. The van der Waals surface area contributed by atoms with Crippen molar-refractivity contribution in [3.05, 3.63) is 11.7 Å². The molecular formula is C15H27N3O2. The highest BCUT2D eigenvalue weighted by atomic mass is 16.5. The summed E-state index contributed by atoms with van der Waals surface area (Å²) in [7, 11) is 0. The van der Waals surface area contributed by atoms with E-state index in [9.17, 15) is 0 Å². The minimum atomic E-state index is -0.336. The van der Waals surface area contributed by atoms with Gasteiger partial charge >= 0.3 is 0 Å². The van der Waals surface area contributed by atoms with E-state index in [1.165, 1.54) is 0 Å². The minimum absolute atomic E-state index is 0.154. The fourth-order valence-corrected chi connectivity index (χ4v) is 2.83. The van der Waals surface area contributed by atoms with Crippen molar-refractivity contribution in [3.63, 3.8) is 0 Å². The molecule has 2 rings (SSSR count). The molecule has 0 spiro atoms. The van der Waals surface area contributed by atoms with Crippen molar-refractivity contribution < 1.29 is 9.26 Å². The van der Waals surface area contributed by atoms with Crippen molar-refractivity contribution >= 4 is 0 Å². The first-order chi connectivity index (χ1) is 9.55. The summed E-state index contributed by atoms with van der Waals surface area (Å²) in [6, 6.07) is 0.154. The summed E-state index contributed by atoms with van der Waals surface area (Å²) in [5.41, 5.74) is 5.43. The highest BCUT2D eigenvalue weighted by Crippen LogP contribution is 2.41. The average Bonchev–Trinajstić information content (AvgIpc) is 2.89. The molecule has 5 heteroatoms. The summed E-state index contributed by atoms with van der Waals surface area (Å²) in [6.45, 7) is 6.98. The Balaban J connectivity index is 2.09. The third kappa shape index (κ3) is 3.58. The van der Waals surface area contributed by atoms with Crippen LogP contribution in [0, 0.1) is 5.92 Å². The molecule has 0 amide bonds. The van der Waals surface area contributed by atoms with Gasteiger partial charge in [-0.3, -0.25) is 0 Å². The molecule has 1 saturated carbocycles. The lowest BCUT2D eigenvalue weighted by atomic mass is 9.79. The first kappa shape index (κ1) is 15.4. The van der Waals surface area contributed by atoms with Crippen LogP contribution in [0.15, 0.2) is 4.52 Å². The first-order valence-electron chi connectivity index (χ1n) is 7.78. The number of hydrogen-bond acceptors (Lipinski definition) is 5. The largest absolute Gasteiger partial charge is 0.367 e. The lowest BCUT2D eigenvalue weighted by Crippen LogP contribution is -2.35. The fourth-order valence-electron chi connectivity index (χ4n) is 2.83. The van der Waals surface area contributed by atoms with E-state index in [1.54, 1.807) is 0 Å². The van der Waals surface area contributed by atoms with E-state index in [0.717, 1.165) is 50.3 Å². The summed E-state index contributed by atoms with van der Waals surface area (Å²) in [6.07, 6.45) is 5.87. The van der Waals surface area contributed by atoms with Gasteiger partial charge in [-0.2, -0.15) is 4.98 Å². The summed E-state index contributed by atoms with van der Waals surface area (Å²) in [5.74, 6) is 2.16. The van der Waals surface area contributed by atoms with Gasteiger partial charge in [0.2, 0.25) is 11.7 Å². The van der Waals surface area contributed by atoms with Gasteiger partial charge in [-0.05, 0) is 51.9 Å². The Hall–Kier alpha value is -0.940. The quantitative estimate of drug-likeness (QED) is 0.868. The van der Waals surface area contributed by atoms with Gasteiger partial charge in [0.05, 0.1) is 0 Å². The zero-order chi connectivity index (χ0) is 14.6. The first-order valence-corrected chi connectivity index (χ1v) is 7.78. The van der Waals surface area contributed by atoms with E-state index >= 15 is 0 Å². The lowest BCUT2D eigenvalue weighted by Gasteiger charge is -2.36. The Morgan fingerprint density at radius 3 is 2.75 bits per heavy atom. The summed E-state index contributed by atoms with van der Waals surface area (Å²) < 4.78 is 11.4. The molecule has 20 heavy (non-hydrogen) atoms. The molecule has 1 aromatic heterocycles. The SMILES string of the molecule is CCOC1(c2noc(CCC(C)N)n2)CCC(C)CC1. The van der Waals surface area contributed by atoms with Crippen molar-refractivity contribution in [3.8, 4) is 0 Å². The maximum atomic E-state index is 6.03. The fraction of sp³-hybridized carbons (Fsp3) is 0.867. The highest BCUT2D eigenvalue weighted by Gasteiger charge is 2.40. The van der Waals surface area contributed by atoms with Crippen LogP contribution in [0.5, 0.6) is 0 Å². The third-order valence-electron chi connectivity index (χ3n) is 4.19. The van der Waals surface area contributed by atoms with Gasteiger partial charge in [-0.1, -0.05) is 12.1 Å². The second kappa shape index (κ2) is 6.68. The lowest BCUT2D eigenvalue weighted by molar-refractivity contribution is -0.0847. The van der Waals surface area contributed by atoms with Gasteiger partial charge in [-0.15, -0.1) is 0 Å². The van der Waals surface area contributed by atoms with E-state index < -0.39 is 0 Å². The van der Waals surface area contributed by atoms with Crippen molar-refractivity contribution in [1.82, 2.24) is 10.1 Å². The number of ether oxygens (including phenoxy) is 1. The highest BCUT2D eigenvalue weighted by molar-refractivity contribution is 5.04. The van der Waals surface area contributed by atoms with Crippen LogP contribution in [-0.2, 0) is 16.8 Å². The second-order valence-electron chi connectivity index (χ2n) is 6.14. The summed E-state index contributed by atoms with van der Waals surface area (Å²) in [5, 5.41) is 4.18. The van der Waals surface area contributed by atoms with Crippen LogP contribution in [0.2, 0.25) is 0 Å². The van der Waals surface area contributed by atoms with Gasteiger partial charge in [0.15, 0.2) is 0 Å².